The molecule has 3 amide bonds. The first-order valence-electron chi connectivity index (χ1n) is 4.65. The molecule has 9 heteroatoms. The monoisotopic (exact) mass is 276 g/mol. The van der Waals surface area contributed by atoms with Crippen LogP contribution < -0.4 is 11.1 Å². The third-order valence-electron chi connectivity index (χ3n) is 1.53. The molecule has 0 aliphatic heterocycles. The Kier molecular flexibility index (Phi) is 5.84. The third-order valence-corrected chi connectivity index (χ3v) is 2.89. The predicted octanol–water partition coefficient (Wildman–Crippen LogP) is 0.610. The fraction of sp³-hybridized carbons (Fsp3) is 0.500. The summed E-state index contributed by atoms with van der Waals surface area (Å²) in [7, 11) is 0. The minimum Gasteiger partial charge on any atom is -0.415 e. The SMILES string of the molecule is CSCc1nnc(SCCC(=O)NC(N)=O)o1. The summed E-state index contributed by atoms with van der Waals surface area (Å²) in [6.07, 6.45) is 2.10. The second kappa shape index (κ2) is 7.17. The molecule has 1 aromatic heterocycles. The molecule has 1 rings (SSSR count). The molecule has 0 atom stereocenters. The highest BCUT2D eigenvalue weighted by atomic mass is 32.2. The van der Waals surface area contributed by atoms with Crippen molar-refractivity contribution < 1.29 is 14.0 Å². The molecule has 0 bridgehead atoms. The van der Waals surface area contributed by atoms with Gasteiger partial charge in [-0.1, -0.05) is 11.8 Å². The standard InChI is InChI=1S/C8H12N4O3S2/c1-16-4-6-11-12-8(15-6)17-3-2-5(13)10-7(9)14/h2-4H2,1H3,(H3,9,10,13,14). The number of rotatable bonds is 6. The first-order chi connectivity index (χ1) is 8.11. The summed E-state index contributed by atoms with van der Waals surface area (Å²) in [6.45, 7) is 0. The van der Waals surface area contributed by atoms with Crippen LogP contribution in [0.2, 0.25) is 0 Å². The Hall–Kier alpha value is -1.22. The van der Waals surface area contributed by atoms with Crippen LogP contribution in [0.4, 0.5) is 4.79 Å². The van der Waals surface area contributed by atoms with E-state index in [9.17, 15) is 9.59 Å². The van der Waals surface area contributed by atoms with E-state index in [-0.39, 0.29) is 6.42 Å². The van der Waals surface area contributed by atoms with Crippen molar-refractivity contribution in [3.63, 3.8) is 0 Å². The van der Waals surface area contributed by atoms with Crippen molar-refractivity contribution in [2.75, 3.05) is 12.0 Å². The Balaban J connectivity index is 2.25. The number of hydrogen-bond acceptors (Lipinski definition) is 7. The van der Waals surface area contributed by atoms with E-state index in [2.05, 4.69) is 10.2 Å². The van der Waals surface area contributed by atoms with Gasteiger partial charge in [0.25, 0.3) is 5.22 Å². The van der Waals surface area contributed by atoms with Crippen molar-refractivity contribution in [1.82, 2.24) is 15.5 Å². The van der Waals surface area contributed by atoms with Crippen molar-refractivity contribution in [1.29, 1.82) is 0 Å². The molecule has 0 aliphatic rings. The molecular weight excluding hydrogens is 264 g/mol. The Bertz CT molecular complexity index is 396. The zero-order valence-electron chi connectivity index (χ0n) is 9.13. The number of carbonyl (C=O) groups is 2. The number of nitrogens with two attached hydrogens (primary N) is 1. The number of primary amides is 1. The first-order valence-corrected chi connectivity index (χ1v) is 7.03. The second-order valence-corrected chi connectivity index (χ2v) is 4.82. The Morgan fingerprint density at radius 2 is 2.24 bits per heavy atom. The average Bonchev–Trinajstić information content (AvgIpc) is 2.65. The smallest absolute Gasteiger partial charge is 0.318 e. The van der Waals surface area contributed by atoms with E-state index >= 15 is 0 Å². The fourth-order valence-corrected chi connectivity index (χ4v) is 1.99. The number of thioether (sulfide) groups is 2. The molecule has 94 valence electrons. The maximum atomic E-state index is 11.1. The molecule has 0 unspecified atom stereocenters. The highest BCUT2D eigenvalue weighted by molar-refractivity contribution is 7.99. The number of amides is 3. The van der Waals surface area contributed by atoms with Gasteiger partial charge in [-0.15, -0.1) is 10.2 Å². The molecule has 7 nitrogen and oxygen atoms in total. The van der Waals surface area contributed by atoms with Crippen molar-refractivity contribution in [3.05, 3.63) is 5.89 Å². The third kappa shape index (κ3) is 5.59. The van der Waals surface area contributed by atoms with Crippen LogP contribution in [0.1, 0.15) is 12.3 Å². The van der Waals surface area contributed by atoms with Gasteiger partial charge in [0.2, 0.25) is 11.8 Å². The molecule has 3 N–H and O–H groups in total. The first kappa shape index (κ1) is 13.8. The lowest BCUT2D eigenvalue weighted by Crippen LogP contribution is -2.35. The van der Waals surface area contributed by atoms with Gasteiger partial charge in [0.05, 0.1) is 5.75 Å². The highest BCUT2D eigenvalue weighted by Crippen LogP contribution is 2.18. The van der Waals surface area contributed by atoms with Crippen LogP contribution in [0, 0.1) is 0 Å². The van der Waals surface area contributed by atoms with Gasteiger partial charge in [-0.05, 0) is 6.26 Å². The molecule has 0 aromatic carbocycles. The van der Waals surface area contributed by atoms with E-state index < -0.39 is 11.9 Å². The quantitative estimate of drug-likeness (QED) is 0.732. The summed E-state index contributed by atoms with van der Waals surface area (Å²) in [6, 6.07) is -0.847. The number of imide groups is 1. The van der Waals surface area contributed by atoms with Crippen LogP contribution in [0.5, 0.6) is 0 Å². The summed E-state index contributed by atoms with van der Waals surface area (Å²) in [5.74, 6) is 1.24. The minimum atomic E-state index is -0.847. The molecule has 0 saturated heterocycles. The second-order valence-electron chi connectivity index (χ2n) is 2.91. The van der Waals surface area contributed by atoms with E-state index in [1.807, 2.05) is 11.6 Å². The maximum absolute atomic E-state index is 11.1. The molecule has 0 saturated carbocycles. The van der Waals surface area contributed by atoms with E-state index in [1.165, 1.54) is 11.8 Å². The van der Waals surface area contributed by atoms with Gasteiger partial charge in [-0.25, -0.2) is 4.79 Å². The number of carbonyl (C=O) groups excluding carboxylic acids is 2. The van der Waals surface area contributed by atoms with Crippen molar-refractivity contribution in [2.24, 2.45) is 5.73 Å². The number of hydrogen-bond donors (Lipinski definition) is 2. The van der Waals surface area contributed by atoms with Crippen molar-refractivity contribution in [3.8, 4) is 0 Å². The summed E-state index contributed by atoms with van der Waals surface area (Å²) >= 11 is 2.84. The molecule has 0 aliphatic carbocycles. The molecule has 1 heterocycles. The Labute approximate surface area is 106 Å². The van der Waals surface area contributed by atoms with Gasteiger partial charge < -0.3 is 10.2 Å². The fourth-order valence-electron chi connectivity index (χ4n) is 0.909. The summed E-state index contributed by atoms with van der Waals surface area (Å²) in [4.78, 5) is 21.4. The maximum Gasteiger partial charge on any atom is 0.318 e. The zero-order valence-corrected chi connectivity index (χ0v) is 10.8. The van der Waals surface area contributed by atoms with Crippen LogP contribution in [-0.4, -0.2) is 34.1 Å². The molecule has 0 spiro atoms. The summed E-state index contributed by atoms with van der Waals surface area (Å²) < 4.78 is 5.28. The number of urea groups is 1. The average molecular weight is 276 g/mol. The number of nitrogens with zero attached hydrogens (tertiary/aromatic N) is 2. The number of nitrogens with one attached hydrogen (secondary N) is 1. The molecule has 0 fully saturated rings. The molecule has 17 heavy (non-hydrogen) atoms. The summed E-state index contributed by atoms with van der Waals surface area (Å²) in [5.41, 5.74) is 4.79. The van der Waals surface area contributed by atoms with E-state index in [1.54, 1.807) is 11.8 Å². The summed E-state index contributed by atoms with van der Waals surface area (Å²) in [5, 5.41) is 10.0. The molecule has 0 radical (unpaired) electrons. The van der Waals surface area contributed by atoms with Crippen molar-refractivity contribution >= 4 is 35.5 Å². The van der Waals surface area contributed by atoms with Crippen molar-refractivity contribution in [2.45, 2.75) is 17.4 Å². The molecular formula is C8H12N4O3S2. The van der Waals surface area contributed by atoms with Gasteiger partial charge >= 0.3 is 6.03 Å². The van der Waals surface area contributed by atoms with Gasteiger partial charge in [0.15, 0.2) is 0 Å². The number of aromatic nitrogens is 2. The lowest BCUT2D eigenvalue weighted by Gasteiger charge is -1.98. The van der Waals surface area contributed by atoms with E-state index in [4.69, 9.17) is 10.2 Å². The van der Waals surface area contributed by atoms with Crippen LogP contribution in [0.15, 0.2) is 9.64 Å². The largest absolute Gasteiger partial charge is 0.415 e. The Morgan fingerprint density at radius 1 is 1.47 bits per heavy atom. The molecule has 1 aromatic rings. The van der Waals surface area contributed by atoms with Gasteiger partial charge in [-0.2, -0.15) is 11.8 Å². The Morgan fingerprint density at radius 3 is 2.88 bits per heavy atom. The van der Waals surface area contributed by atoms with Crippen LogP contribution in [-0.2, 0) is 10.5 Å². The van der Waals surface area contributed by atoms with Crippen LogP contribution >= 0.6 is 23.5 Å². The van der Waals surface area contributed by atoms with Gasteiger partial charge in [-0.3, -0.25) is 10.1 Å². The highest BCUT2D eigenvalue weighted by Gasteiger charge is 2.08. The lowest BCUT2D eigenvalue weighted by atomic mass is 10.4. The topological polar surface area (TPSA) is 111 Å². The van der Waals surface area contributed by atoms with Crippen LogP contribution in [0.25, 0.3) is 0 Å². The zero-order chi connectivity index (χ0) is 12.7. The van der Waals surface area contributed by atoms with Crippen LogP contribution in [0.3, 0.4) is 0 Å². The van der Waals surface area contributed by atoms with Gasteiger partial charge in [0.1, 0.15) is 0 Å². The minimum absolute atomic E-state index is 0.161. The predicted molar refractivity (Wildman–Crippen MR) is 64.6 cm³/mol. The van der Waals surface area contributed by atoms with E-state index in [0.29, 0.717) is 22.6 Å². The normalized spacial score (nSPS) is 10.2. The van der Waals surface area contributed by atoms with E-state index in [0.717, 1.165) is 0 Å². The van der Waals surface area contributed by atoms with Gasteiger partial charge in [0, 0.05) is 12.2 Å². The lowest BCUT2D eigenvalue weighted by molar-refractivity contribution is -0.119.